The van der Waals surface area contributed by atoms with E-state index in [-0.39, 0.29) is 24.1 Å². The summed E-state index contributed by atoms with van der Waals surface area (Å²) in [5.74, 6) is -0.379. The summed E-state index contributed by atoms with van der Waals surface area (Å²) in [5.41, 5.74) is 0.564. The zero-order valence-electron chi connectivity index (χ0n) is 18.5. The maximum atomic E-state index is 12.3. The molecule has 0 radical (unpaired) electrons. The standard InChI is InChI=1S/C24H27NO6S/c1-4-5-6-23(27)30-16-15-29-20-9-13-22(14-10-20)32-21-11-7-19(8-12-21)24(28)17(2)25-31-18(3)26/h7-14H,4-6,15-16H2,1-3H3/b25-17+. The van der Waals surface area contributed by atoms with Gasteiger partial charge in [-0.15, -0.1) is 0 Å². The number of carbonyl (C=O) groups excluding carboxylic acids is 3. The number of oxime groups is 1. The maximum Gasteiger partial charge on any atom is 0.331 e. The van der Waals surface area contributed by atoms with Gasteiger partial charge in [0, 0.05) is 28.7 Å². The van der Waals surface area contributed by atoms with Crippen LogP contribution in [-0.4, -0.2) is 36.6 Å². The third kappa shape index (κ3) is 8.93. The summed E-state index contributed by atoms with van der Waals surface area (Å²) < 4.78 is 10.7. The summed E-state index contributed by atoms with van der Waals surface area (Å²) in [7, 11) is 0. The van der Waals surface area contributed by atoms with Crippen molar-refractivity contribution in [2.45, 2.75) is 49.8 Å². The largest absolute Gasteiger partial charge is 0.490 e. The molecular formula is C24H27NO6S. The van der Waals surface area contributed by atoms with Gasteiger partial charge in [0.2, 0.25) is 5.78 Å². The fourth-order valence-corrected chi connectivity index (χ4v) is 3.32. The van der Waals surface area contributed by atoms with Crippen molar-refractivity contribution in [3.8, 4) is 5.75 Å². The molecule has 2 aromatic carbocycles. The zero-order chi connectivity index (χ0) is 23.3. The molecule has 0 aromatic heterocycles. The van der Waals surface area contributed by atoms with Crippen LogP contribution >= 0.6 is 11.8 Å². The molecule has 0 heterocycles. The van der Waals surface area contributed by atoms with Crippen LogP contribution in [0, 0.1) is 0 Å². The van der Waals surface area contributed by atoms with Crippen molar-refractivity contribution in [2.75, 3.05) is 13.2 Å². The number of nitrogens with zero attached hydrogens (tertiary/aromatic N) is 1. The highest BCUT2D eigenvalue weighted by Gasteiger charge is 2.11. The molecule has 0 atom stereocenters. The summed E-state index contributed by atoms with van der Waals surface area (Å²) in [5, 5.41) is 3.52. The fraction of sp³-hybridized carbons (Fsp3) is 0.333. The van der Waals surface area contributed by atoms with E-state index in [1.165, 1.54) is 13.8 Å². The third-order valence-corrected chi connectivity index (χ3v) is 5.18. The van der Waals surface area contributed by atoms with Crippen molar-refractivity contribution in [3.63, 3.8) is 0 Å². The van der Waals surface area contributed by atoms with Crippen LogP contribution < -0.4 is 4.74 Å². The number of hydrogen-bond acceptors (Lipinski definition) is 8. The first-order chi connectivity index (χ1) is 15.4. The van der Waals surface area contributed by atoms with E-state index in [4.69, 9.17) is 9.47 Å². The number of carbonyl (C=O) groups is 3. The molecule has 32 heavy (non-hydrogen) atoms. The van der Waals surface area contributed by atoms with Gasteiger partial charge in [-0.2, -0.15) is 0 Å². The van der Waals surface area contributed by atoms with Crippen LogP contribution in [0.1, 0.15) is 50.4 Å². The Bertz CT molecular complexity index is 938. The molecule has 2 aromatic rings. The molecule has 0 spiro atoms. The Hall–Kier alpha value is -3.13. The second-order valence-corrected chi connectivity index (χ2v) is 8.01. The second kappa shape index (κ2) is 13.3. The van der Waals surface area contributed by atoms with Crippen LogP contribution in [-0.2, 0) is 19.2 Å². The van der Waals surface area contributed by atoms with Gasteiger partial charge in [-0.1, -0.05) is 30.3 Å². The number of unbranched alkanes of at least 4 members (excludes halogenated alkanes) is 1. The number of hydrogen-bond donors (Lipinski definition) is 0. The molecule has 2 rings (SSSR count). The Morgan fingerprint density at radius 3 is 2.12 bits per heavy atom. The number of Topliss-reactive ketones (excluding diaryl/α,β-unsaturated/α-hetero) is 1. The summed E-state index contributed by atoms with van der Waals surface area (Å²) in [4.78, 5) is 41.0. The number of benzene rings is 2. The van der Waals surface area contributed by atoms with Crippen molar-refractivity contribution in [1.82, 2.24) is 0 Å². The van der Waals surface area contributed by atoms with Gasteiger partial charge in [-0.25, -0.2) is 4.79 Å². The highest BCUT2D eigenvalue weighted by Crippen LogP contribution is 2.29. The minimum absolute atomic E-state index is 0.104. The molecule has 0 fully saturated rings. The molecule has 8 heteroatoms. The first-order valence-electron chi connectivity index (χ1n) is 10.3. The van der Waals surface area contributed by atoms with E-state index in [9.17, 15) is 14.4 Å². The zero-order valence-corrected chi connectivity index (χ0v) is 19.3. The quantitative estimate of drug-likeness (QED) is 0.110. The van der Waals surface area contributed by atoms with Crippen molar-refractivity contribution in [3.05, 3.63) is 54.1 Å². The first-order valence-corrected chi connectivity index (χ1v) is 11.1. The molecule has 0 saturated heterocycles. The summed E-state index contributed by atoms with van der Waals surface area (Å²) in [6, 6.07) is 14.7. The predicted molar refractivity (Wildman–Crippen MR) is 122 cm³/mol. The van der Waals surface area contributed by atoms with Gasteiger partial charge in [0.1, 0.15) is 24.7 Å². The van der Waals surface area contributed by atoms with E-state index in [1.807, 2.05) is 43.3 Å². The van der Waals surface area contributed by atoms with Gasteiger partial charge in [-0.05, 0) is 61.9 Å². The van der Waals surface area contributed by atoms with Crippen LogP contribution in [0.4, 0.5) is 0 Å². The molecule has 0 N–H and O–H groups in total. The Balaban J connectivity index is 1.82. The smallest absolute Gasteiger partial charge is 0.331 e. The van der Waals surface area contributed by atoms with Crippen molar-refractivity contribution < 1.29 is 28.7 Å². The van der Waals surface area contributed by atoms with Crippen LogP contribution in [0.5, 0.6) is 5.75 Å². The van der Waals surface area contributed by atoms with E-state index in [1.54, 1.807) is 23.9 Å². The average molecular weight is 458 g/mol. The molecule has 7 nitrogen and oxygen atoms in total. The summed E-state index contributed by atoms with van der Waals surface area (Å²) in [6.07, 6.45) is 2.24. The minimum Gasteiger partial charge on any atom is -0.490 e. The van der Waals surface area contributed by atoms with Crippen LogP contribution in [0.2, 0.25) is 0 Å². The van der Waals surface area contributed by atoms with Crippen molar-refractivity contribution >= 4 is 35.2 Å². The van der Waals surface area contributed by atoms with Gasteiger partial charge in [0.05, 0.1) is 0 Å². The van der Waals surface area contributed by atoms with Crippen LogP contribution in [0.15, 0.2) is 63.5 Å². The molecule has 0 amide bonds. The normalized spacial score (nSPS) is 11.0. The third-order valence-electron chi connectivity index (χ3n) is 4.17. The molecule has 0 bridgehead atoms. The van der Waals surface area contributed by atoms with E-state index in [0.29, 0.717) is 24.3 Å². The SMILES string of the molecule is CCCCC(=O)OCCOc1ccc(Sc2ccc(C(=O)/C(C)=N/OC(C)=O)cc2)cc1. The molecule has 0 aliphatic rings. The van der Waals surface area contributed by atoms with E-state index in [0.717, 1.165) is 22.6 Å². The molecule has 0 unspecified atom stereocenters. The highest BCUT2D eigenvalue weighted by atomic mass is 32.2. The van der Waals surface area contributed by atoms with E-state index >= 15 is 0 Å². The topological polar surface area (TPSA) is 91.3 Å². The van der Waals surface area contributed by atoms with E-state index in [2.05, 4.69) is 9.99 Å². The van der Waals surface area contributed by atoms with Crippen molar-refractivity contribution in [2.24, 2.45) is 5.16 Å². The molecule has 0 saturated carbocycles. The van der Waals surface area contributed by atoms with Gasteiger partial charge in [0.25, 0.3) is 0 Å². The maximum absolute atomic E-state index is 12.3. The number of ketones is 1. The molecular weight excluding hydrogens is 430 g/mol. The lowest BCUT2D eigenvalue weighted by Crippen LogP contribution is -2.11. The van der Waals surface area contributed by atoms with E-state index < -0.39 is 5.97 Å². The lowest BCUT2D eigenvalue weighted by molar-refractivity contribution is -0.144. The fourth-order valence-electron chi connectivity index (χ4n) is 2.51. The average Bonchev–Trinajstić information content (AvgIpc) is 2.80. The molecule has 170 valence electrons. The number of rotatable bonds is 12. The van der Waals surface area contributed by atoms with Crippen molar-refractivity contribution in [1.29, 1.82) is 0 Å². The molecule has 0 aliphatic heterocycles. The monoisotopic (exact) mass is 457 g/mol. The molecule has 0 aliphatic carbocycles. The van der Waals surface area contributed by atoms with Crippen LogP contribution in [0.25, 0.3) is 0 Å². The Labute approximate surface area is 192 Å². The predicted octanol–water partition coefficient (Wildman–Crippen LogP) is 5.07. The van der Waals surface area contributed by atoms with Gasteiger partial charge in [0.15, 0.2) is 0 Å². The Morgan fingerprint density at radius 1 is 0.906 bits per heavy atom. The lowest BCUT2D eigenvalue weighted by Gasteiger charge is -2.08. The van der Waals surface area contributed by atoms with Gasteiger partial charge >= 0.3 is 11.9 Å². The highest BCUT2D eigenvalue weighted by molar-refractivity contribution is 7.99. The van der Waals surface area contributed by atoms with Gasteiger partial charge < -0.3 is 14.3 Å². The first kappa shape index (κ1) is 25.1. The number of esters is 1. The second-order valence-electron chi connectivity index (χ2n) is 6.86. The summed E-state index contributed by atoms with van der Waals surface area (Å²) >= 11 is 1.54. The summed E-state index contributed by atoms with van der Waals surface area (Å²) in [6.45, 7) is 5.28. The Kier molecular flexibility index (Phi) is 10.5. The minimum atomic E-state index is -0.578. The lowest BCUT2D eigenvalue weighted by atomic mass is 10.1. The Morgan fingerprint density at radius 2 is 1.53 bits per heavy atom. The van der Waals surface area contributed by atoms with Crippen LogP contribution in [0.3, 0.4) is 0 Å². The van der Waals surface area contributed by atoms with Gasteiger partial charge in [-0.3, -0.25) is 9.59 Å². The number of ether oxygens (including phenoxy) is 2.